The predicted molar refractivity (Wildman–Crippen MR) is 83.6 cm³/mol. The zero-order valence-corrected chi connectivity index (χ0v) is 13.7. The summed E-state index contributed by atoms with van der Waals surface area (Å²) in [6, 6.07) is 0. The number of carbonyl (C=O) groups is 1. The van der Waals surface area contributed by atoms with E-state index in [0.29, 0.717) is 17.5 Å². The van der Waals surface area contributed by atoms with Crippen molar-refractivity contribution in [2.45, 2.75) is 44.3 Å². The maximum absolute atomic E-state index is 12.2. The molecule has 0 radical (unpaired) electrons. The molecule has 2 N–H and O–H groups in total. The summed E-state index contributed by atoms with van der Waals surface area (Å²) >= 11 is 1.36. The van der Waals surface area contributed by atoms with E-state index in [1.165, 1.54) is 29.4 Å². The van der Waals surface area contributed by atoms with Crippen molar-refractivity contribution in [1.82, 2.24) is 30.3 Å². The van der Waals surface area contributed by atoms with Gasteiger partial charge in [-0.3, -0.25) is 15.0 Å². The molecule has 0 spiro atoms. The lowest BCUT2D eigenvalue weighted by atomic mass is 10.2. The highest BCUT2D eigenvalue weighted by molar-refractivity contribution is 7.99. The molecular formula is C14H20N6OS. The van der Waals surface area contributed by atoms with Crippen molar-refractivity contribution in [3.8, 4) is 0 Å². The van der Waals surface area contributed by atoms with Crippen molar-refractivity contribution in [3.63, 3.8) is 0 Å². The Morgan fingerprint density at radius 3 is 2.95 bits per heavy atom. The number of aromatic nitrogens is 5. The van der Waals surface area contributed by atoms with Gasteiger partial charge in [-0.05, 0) is 24.8 Å². The summed E-state index contributed by atoms with van der Waals surface area (Å²) in [5.74, 6) is 1.24. The Balaban J connectivity index is 1.53. The summed E-state index contributed by atoms with van der Waals surface area (Å²) < 4.78 is 0. The second-order valence-corrected chi connectivity index (χ2v) is 6.38. The Hall–Kier alpha value is -1.83. The number of aryl methyl sites for hydroxylation is 2. The van der Waals surface area contributed by atoms with Crippen LogP contribution in [0.5, 0.6) is 0 Å². The Morgan fingerprint density at radius 1 is 1.32 bits per heavy atom. The maximum Gasteiger partial charge on any atom is 0.233 e. The number of amides is 1. The number of hydrogen-bond acceptors (Lipinski definition) is 5. The molecule has 0 aliphatic heterocycles. The first-order valence-corrected chi connectivity index (χ1v) is 8.49. The van der Waals surface area contributed by atoms with Crippen LogP contribution in [0.1, 0.15) is 36.1 Å². The molecule has 2 aromatic rings. The van der Waals surface area contributed by atoms with Crippen molar-refractivity contribution in [2.24, 2.45) is 0 Å². The van der Waals surface area contributed by atoms with Crippen LogP contribution >= 0.6 is 11.8 Å². The molecule has 118 valence electrons. The number of carbonyl (C=O) groups excluding carboxylic acids is 1. The van der Waals surface area contributed by atoms with E-state index >= 15 is 0 Å². The molecule has 8 heteroatoms. The summed E-state index contributed by atoms with van der Waals surface area (Å²) in [6.45, 7) is 2.57. The van der Waals surface area contributed by atoms with Crippen molar-refractivity contribution >= 4 is 17.7 Å². The van der Waals surface area contributed by atoms with Gasteiger partial charge in [-0.2, -0.15) is 5.10 Å². The minimum atomic E-state index is 0.0580. The fourth-order valence-electron chi connectivity index (χ4n) is 2.57. The van der Waals surface area contributed by atoms with Crippen molar-refractivity contribution in [3.05, 3.63) is 22.8 Å². The van der Waals surface area contributed by atoms with Crippen molar-refractivity contribution in [2.75, 3.05) is 12.8 Å². The van der Waals surface area contributed by atoms with Gasteiger partial charge in [0, 0.05) is 19.2 Å². The second-order valence-electron chi connectivity index (χ2n) is 5.44. The monoisotopic (exact) mass is 320 g/mol. The highest BCUT2D eigenvalue weighted by Crippen LogP contribution is 2.23. The molecule has 0 saturated heterocycles. The summed E-state index contributed by atoms with van der Waals surface area (Å²) in [6.07, 6.45) is 4.12. The van der Waals surface area contributed by atoms with Gasteiger partial charge >= 0.3 is 0 Å². The van der Waals surface area contributed by atoms with Crippen molar-refractivity contribution < 1.29 is 4.79 Å². The van der Waals surface area contributed by atoms with E-state index < -0.39 is 0 Å². The molecule has 0 atom stereocenters. The Morgan fingerprint density at radius 2 is 2.18 bits per heavy atom. The number of rotatable bonds is 6. The number of hydrogen-bond donors (Lipinski definition) is 2. The van der Waals surface area contributed by atoms with Gasteiger partial charge in [-0.25, -0.2) is 4.98 Å². The van der Waals surface area contributed by atoms with E-state index in [9.17, 15) is 4.79 Å². The van der Waals surface area contributed by atoms with Crippen LogP contribution < -0.4 is 0 Å². The zero-order valence-electron chi connectivity index (χ0n) is 12.8. The van der Waals surface area contributed by atoms with Crippen LogP contribution in [0.4, 0.5) is 0 Å². The Labute approximate surface area is 133 Å². The summed E-state index contributed by atoms with van der Waals surface area (Å²) in [5.41, 5.74) is 3.53. The Bertz CT molecular complexity index is 664. The smallest absolute Gasteiger partial charge is 0.233 e. The summed E-state index contributed by atoms with van der Waals surface area (Å²) in [7, 11) is 1.81. The fraction of sp³-hybridized carbons (Fsp3) is 0.571. The molecule has 22 heavy (non-hydrogen) atoms. The number of nitrogens with one attached hydrogen (secondary N) is 2. The summed E-state index contributed by atoms with van der Waals surface area (Å²) in [4.78, 5) is 18.2. The average molecular weight is 320 g/mol. The van der Waals surface area contributed by atoms with Gasteiger partial charge in [0.25, 0.3) is 0 Å². The topological polar surface area (TPSA) is 90.6 Å². The molecule has 0 aromatic carbocycles. The molecular weight excluding hydrogens is 300 g/mol. The number of fused-ring (bicyclic) bond motifs is 1. The molecule has 0 fully saturated rings. The van der Waals surface area contributed by atoms with E-state index in [1.54, 1.807) is 4.90 Å². The highest BCUT2D eigenvalue weighted by Gasteiger charge is 2.20. The van der Waals surface area contributed by atoms with Gasteiger partial charge in [-0.15, -0.1) is 5.10 Å². The highest BCUT2D eigenvalue weighted by atomic mass is 32.2. The minimum Gasteiger partial charge on any atom is -0.339 e. The third kappa shape index (κ3) is 3.16. The largest absolute Gasteiger partial charge is 0.339 e. The van der Waals surface area contributed by atoms with Crippen LogP contribution in [-0.4, -0.2) is 49.0 Å². The molecule has 1 amide bonds. The van der Waals surface area contributed by atoms with E-state index in [-0.39, 0.29) is 5.91 Å². The molecule has 3 rings (SSSR count). The van der Waals surface area contributed by atoms with Gasteiger partial charge in [0.1, 0.15) is 5.82 Å². The minimum absolute atomic E-state index is 0.0580. The van der Waals surface area contributed by atoms with Crippen molar-refractivity contribution in [1.29, 1.82) is 0 Å². The quantitative estimate of drug-likeness (QED) is 0.784. The molecule has 7 nitrogen and oxygen atoms in total. The second kappa shape index (κ2) is 6.51. The van der Waals surface area contributed by atoms with E-state index in [0.717, 1.165) is 30.8 Å². The lowest BCUT2D eigenvalue weighted by molar-refractivity contribution is -0.127. The van der Waals surface area contributed by atoms with Gasteiger partial charge in [-0.1, -0.05) is 18.7 Å². The summed E-state index contributed by atoms with van der Waals surface area (Å²) in [5, 5.41) is 15.0. The lowest BCUT2D eigenvalue weighted by Gasteiger charge is -2.15. The molecule has 0 unspecified atom stereocenters. The first-order chi connectivity index (χ1) is 10.7. The van der Waals surface area contributed by atoms with Crippen LogP contribution in [0.15, 0.2) is 5.16 Å². The molecule has 2 aromatic heterocycles. The number of nitrogens with zero attached hydrogens (tertiary/aromatic N) is 4. The van der Waals surface area contributed by atoms with E-state index in [2.05, 4.69) is 25.4 Å². The van der Waals surface area contributed by atoms with Crippen LogP contribution in [-0.2, 0) is 30.6 Å². The van der Waals surface area contributed by atoms with E-state index in [1.807, 2.05) is 14.0 Å². The zero-order chi connectivity index (χ0) is 15.5. The van der Waals surface area contributed by atoms with Crippen LogP contribution in [0.25, 0.3) is 0 Å². The van der Waals surface area contributed by atoms with Gasteiger partial charge in [0.05, 0.1) is 18.0 Å². The Kier molecular flexibility index (Phi) is 4.47. The third-order valence-electron chi connectivity index (χ3n) is 3.88. The number of thioether (sulfide) groups is 1. The first kappa shape index (κ1) is 15.1. The van der Waals surface area contributed by atoms with Crippen LogP contribution in [0.2, 0.25) is 0 Å². The normalized spacial score (nSPS) is 13.4. The van der Waals surface area contributed by atoms with Crippen LogP contribution in [0, 0.1) is 0 Å². The number of aromatic amines is 2. The average Bonchev–Trinajstić information content (AvgIpc) is 3.22. The van der Waals surface area contributed by atoms with Crippen LogP contribution in [0.3, 0.4) is 0 Å². The fourth-order valence-corrected chi connectivity index (χ4v) is 3.33. The SMILES string of the molecule is CCc1nc(SCC(=O)N(C)Cc2n[nH]c3c2CCC3)n[nH]1. The molecule has 0 saturated carbocycles. The lowest BCUT2D eigenvalue weighted by Crippen LogP contribution is -2.28. The molecule has 1 aliphatic carbocycles. The third-order valence-corrected chi connectivity index (χ3v) is 4.71. The maximum atomic E-state index is 12.2. The molecule has 2 heterocycles. The first-order valence-electron chi connectivity index (χ1n) is 7.50. The van der Waals surface area contributed by atoms with Gasteiger partial charge in [0.15, 0.2) is 0 Å². The van der Waals surface area contributed by atoms with Gasteiger partial charge < -0.3 is 4.90 Å². The number of H-pyrrole nitrogens is 2. The van der Waals surface area contributed by atoms with E-state index in [4.69, 9.17) is 0 Å². The molecule has 0 bridgehead atoms. The predicted octanol–water partition coefficient (Wildman–Crippen LogP) is 1.33. The molecule has 1 aliphatic rings. The van der Waals surface area contributed by atoms with Gasteiger partial charge in [0.2, 0.25) is 11.1 Å². The standard InChI is InChI=1S/C14H20N6OS/c1-3-12-15-14(19-18-12)22-8-13(21)20(2)7-11-9-5-4-6-10(9)16-17-11/h3-8H2,1-2H3,(H,16,17)(H,15,18,19).